The molecule has 22 heteroatoms. The first-order valence-corrected chi connectivity index (χ1v) is 16.6. The third-order valence-electron chi connectivity index (χ3n) is 7.55. The maximum absolute atomic E-state index is 14.0. The number of hydrogen-bond acceptors (Lipinski definition) is 8. The van der Waals surface area contributed by atoms with Crippen LogP contribution in [0.2, 0.25) is 0 Å². The van der Waals surface area contributed by atoms with Crippen molar-refractivity contribution in [2.75, 3.05) is 5.75 Å². The zero-order valence-electron chi connectivity index (χ0n) is 27.3. The average molecular weight is 749 g/mol. The van der Waals surface area contributed by atoms with Crippen molar-refractivity contribution < 1.29 is 67.9 Å². The van der Waals surface area contributed by atoms with E-state index in [0.717, 1.165) is 6.07 Å². The smallest absolute Gasteiger partial charge is 0.435 e. The molecule has 0 saturated heterocycles. The van der Waals surface area contributed by atoms with Crippen molar-refractivity contribution in [3.8, 4) is 11.5 Å². The predicted molar refractivity (Wildman–Crippen MR) is 183 cm³/mol. The third-order valence-corrected chi connectivity index (χ3v) is 8.33. The summed E-state index contributed by atoms with van der Waals surface area (Å²) in [5.41, 5.74) is -7.03. The lowest BCUT2D eigenvalue weighted by atomic mass is 9.85. The molecule has 0 bridgehead atoms. The molecule has 53 heavy (non-hydrogen) atoms. The fraction of sp³-hybridized carbons (Fsp3) is 0.323. The molecule has 266 valence electrons. The van der Waals surface area contributed by atoms with Crippen LogP contribution in [0.4, 0.5) is 26.3 Å². The quantitative estimate of drug-likeness (QED) is 0.0869. The number of rotatable bonds is 14. The van der Waals surface area contributed by atoms with Crippen molar-refractivity contribution in [3.63, 3.8) is 0 Å². The molecule has 3 rings (SSSR count). The lowest BCUT2D eigenvalue weighted by Gasteiger charge is -2.35. The van der Waals surface area contributed by atoms with Gasteiger partial charge in [0.15, 0.2) is 0 Å². The number of carbonyl (C=O) groups excluding carboxylic acids is 3. The second-order valence-corrected chi connectivity index (χ2v) is 12.7. The molecule has 0 unspecified atom stereocenters. The summed E-state index contributed by atoms with van der Waals surface area (Å²) < 4.78 is 130. The fourth-order valence-electron chi connectivity index (χ4n) is 4.99. The van der Waals surface area contributed by atoms with E-state index in [0.29, 0.717) is 23.3 Å². The molecule has 0 aliphatic heterocycles. The first kappa shape index (κ1) is 43.4. The lowest BCUT2D eigenvalue weighted by Crippen LogP contribution is -2.63. The molecule has 3 aromatic rings. The first-order chi connectivity index (χ1) is 24.6. The number of alkyl halides is 6. The van der Waals surface area contributed by atoms with E-state index in [9.17, 15) is 49.1 Å². The van der Waals surface area contributed by atoms with E-state index in [1.54, 1.807) is 0 Å². The van der Waals surface area contributed by atoms with Crippen LogP contribution >= 0.6 is 0 Å². The van der Waals surface area contributed by atoms with Crippen LogP contribution in [0.15, 0.2) is 42.5 Å². The Labute approximate surface area is 308 Å². The molecular formula is C31H22B6F6O9S. The van der Waals surface area contributed by atoms with Crippen molar-refractivity contribution in [3.05, 3.63) is 92.5 Å². The Balaban J connectivity index is 2.26. The molecule has 0 spiro atoms. The Morgan fingerprint density at radius 1 is 0.547 bits per heavy atom. The van der Waals surface area contributed by atoms with Crippen LogP contribution in [-0.4, -0.2) is 102 Å². The van der Waals surface area contributed by atoms with Crippen LogP contribution in [0.5, 0.6) is 11.5 Å². The molecule has 0 aromatic heterocycles. The van der Waals surface area contributed by atoms with Gasteiger partial charge in [0, 0.05) is 0 Å². The maximum Gasteiger partial charge on any atom is 0.438 e. The molecule has 0 aliphatic carbocycles. The normalized spacial score (nSPS) is 12.3. The van der Waals surface area contributed by atoms with Crippen LogP contribution in [-0.2, 0) is 52.8 Å². The van der Waals surface area contributed by atoms with Gasteiger partial charge in [-0.15, -0.1) is 0 Å². The molecular weight excluding hydrogens is 727 g/mol. The third kappa shape index (κ3) is 9.93. The highest BCUT2D eigenvalue weighted by atomic mass is 32.2. The summed E-state index contributed by atoms with van der Waals surface area (Å²) in [5, 5.41) is 0. The van der Waals surface area contributed by atoms with E-state index in [2.05, 4.69) is 4.74 Å². The molecule has 0 saturated carbocycles. The molecule has 9 nitrogen and oxygen atoms in total. The van der Waals surface area contributed by atoms with Gasteiger partial charge in [-0.1, -0.05) is 73.3 Å². The number of hydrogen-bond donors (Lipinski definition) is 1. The van der Waals surface area contributed by atoms with E-state index >= 15 is 0 Å². The highest BCUT2D eigenvalue weighted by molar-refractivity contribution is 7.85. The Morgan fingerprint density at radius 2 is 0.849 bits per heavy atom. The summed E-state index contributed by atoms with van der Waals surface area (Å²) in [6, 6.07) is 7.36. The van der Waals surface area contributed by atoms with Crippen LogP contribution in [0, 0.1) is 0 Å². The van der Waals surface area contributed by atoms with Gasteiger partial charge in [-0.05, 0) is 40.5 Å². The van der Waals surface area contributed by atoms with Gasteiger partial charge in [0.1, 0.15) is 17.3 Å². The van der Waals surface area contributed by atoms with Crippen molar-refractivity contribution >= 4 is 75.1 Å². The predicted octanol–water partition coefficient (Wildman–Crippen LogP) is 3.04. The lowest BCUT2D eigenvalue weighted by molar-refractivity contribution is -0.356. The van der Waals surface area contributed by atoms with Crippen molar-refractivity contribution in [1.82, 2.24) is 0 Å². The number of esters is 3. The first-order valence-electron chi connectivity index (χ1n) is 15.0. The van der Waals surface area contributed by atoms with Gasteiger partial charge in [-0.25, -0.2) is 14.4 Å². The average Bonchev–Trinajstić information content (AvgIpc) is 3.09. The number of ether oxygens (including phenoxy) is 3. The summed E-state index contributed by atoms with van der Waals surface area (Å²) in [6.45, 7) is 0. The Morgan fingerprint density at radius 3 is 1.09 bits per heavy atom. The number of carbonyl (C=O) groups is 3. The molecule has 0 atom stereocenters. The highest BCUT2D eigenvalue weighted by Crippen LogP contribution is 2.47. The molecule has 12 radical (unpaired) electrons. The van der Waals surface area contributed by atoms with E-state index in [-0.39, 0.29) is 71.7 Å². The maximum atomic E-state index is 14.0. The summed E-state index contributed by atoms with van der Waals surface area (Å²) >= 11 is 0. The fourth-order valence-corrected chi connectivity index (χ4v) is 5.89. The Hall–Kier alpha value is -4.05. The molecule has 0 heterocycles. The second-order valence-electron chi connectivity index (χ2n) is 11.2. The van der Waals surface area contributed by atoms with Gasteiger partial charge in [0.05, 0.1) is 63.8 Å². The van der Waals surface area contributed by atoms with Crippen molar-refractivity contribution in [2.24, 2.45) is 0 Å². The van der Waals surface area contributed by atoms with Crippen LogP contribution in [0.3, 0.4) is 0 Å². The van der Waals surface area contributed by atoms with Gasteiger partial charge < -0.3 is 14.2 Å². The van der Waals surface area contributed by atoms with E-state index in [1.165, 1.54) is 24.3 Å². The van der Waals surface area contributed by atoms with Gasteiger partial charge in [0.25, 0.3) is 10.1 Å². The zero-order chi connectivity index (χ0) is 40.1. The number of halogens is 6. The Bertz CT molecular complexity index is 1830. The minimum atomic E-state index is -6.69. The molecule has 0 aliphatic rings. The van der Waals surface area contributed by atoms with Gasteiger partial charge in [-0.2, -0.15) is 34.8 Å². The van der Waals surface area contributed by atoms with Crippen molar-refractivity contribution in [2.45, 2.75) is 55.9 Å². The minimum Gasteiger partial charge on any atom is -0.435 e. The molecule has 0 amide bonds. The zero-order valence-corrected chi connectivity index (χ0v) is 28.2. The topological polar surface area (TPSA) is 133 Å². The summed E-state index contributed by atoms with van der Waals surface area (Å²) in [5.74, 6) is -9.03. The van der Waals surface area contributed by atoms with Crippen LogP contribution in [0.25, 0.3) is 0 Å². The van der Waals surface area contributed by atoms with E-state index < -0.39 is 68.4 Å². The highest BCUT2D eigenvalue weighted by Gasteiger charge is 2.76. The van der Waals surface area contributed by atoms with Crippen LogP contribution < -0.4 is 9.47 Å². The van der Waals surface area contributed by atoms with E-state index in [1.807, 2.05) is 0 Å². The standard InChI is InChI=1S/C31H22B6F6O9S/c32-8-15-1-20(10-34)24(21(2-15)11-35)50-26(44)17-5-18(27(45)51-25-22(12-36)3-16(9-33)4-23(25)13-37)7-19(6-17)28(46)52-29(30(38,39)40,31(41,42)43)14-53(47,48)49/h1-7H,8-14H2,(H,47,48,49). The molecule has 1 N–H and O–H groups in total. The minimum absolute atomic E-state index is 0.0193. The Kier molecular flexibility index (Phi) is 13.9. The van der Waals surface area contributed by atoms with Gasteiger partial charge in [0.2, 0.25) is 0 Å². The van der Waals surface area contributed by atoms with E-state index in [4.69, 9.17) is 61.1 Å². The number of benzene rings is 3. The second kappa shape index (κ2) is 17.0. The summed E-state index contributed by atoms with van der Waals surface area (Å²) in [7, 11) is 28.4. The largest absolute Gasteiger partial charge is 0.438 e. The monoisotopic (exact) mass is 750 g/mol. The van der Waals surface area contributed by atoms with Crippen molar-refractivity contribution in [1.29, 1.82) is 0 Å². The van der Waals surface area contributed by atoms with Gasteiger partial charge >= 0.3 is 35.9 Å². The molecule has 0 fully saturated rings. The summed E-state index contributed by atoms with van der Waals surface area (Å²) in [6.07, 6.45) is -14.3. The van der Waals surface area contributed by atoms with Crippen LogP contribution in [0.1, 0.15) is 64.5 Å². The van der Waals surface area contributed by atoms with Gasteiger partial charge in [-0.3, -0.25) is 4.55 Å². The summed E-state index contributed by atoms with van der Waals surface area (Å²) in [4.78, 5) is 40.2. The SMILES string of the molecule is [B]Cc1cc(C[B])c(OC(=O)c2cc(C(=O)Oc3c(C[B])cc(C[B])cc3C[B])cc(C(=O)OC(CS(=O)(=O)O)(C(F)(F)F)C(F)(F)F)c2)c(C[B])c1. The molecule has 3 aromatic carbocycles.